The van der Waals surface area contributed by atoms with Crippen LogP contribution in [0.1, 0.15) is 22.3 Å². The van der Waals surface area contributed by atoms with Crippen molar-refractivity contribution in [1.82, 2.24) is 4.57 Å². The number of para-hydroxylation sites is 4. The van der Waals surface area contributed by atoms with Crippen LogP contribution in [-0.4, -0.2) is 11.3 Å². The van der Waals surface area contributed by atoms with Crippen molar-refractivity contribution in [2.75, 3.05) is 9.80 Å². The molecule has 4 heteroatoms. The maximum absolute atomic E-state index is 2.58. The molecule has 0 saturated carbocycles. The molecule has 0 radical (unpaired) electrons. The highest BCUT2D eigenvalue weighted by molar-refractivity contribution is 7.00. The predicted molar refractivity (Wildman–Crippen MR) is 210 cm³/mol. The molecule has 12 rings (SSSR count). The molecule has 4 aliphatic rings. The molecule has 1 aromatic heterocycles. The van der Waals surface area contributed by atoms with Gasteiger partial charge in [0.15, 0.2) is 0 Å². The number of rotatable bonds is 3. The van der Waals surface area contributed by atoms with Gasteiger partial charge in [0.05, 0.1) is 16.7 Å². The molecular weight excluding hydrogens is 605 g/mol. The van der Waals surface area contributed by atoms with Gasteiger partial charge in [-0.3, -0.25) is 0 Å². The second-order valence-electron chi connectivity index (χ2n) is 14.4. The zero-order valence-electron chi connectivity index (χ0n) is 27.6. The maximum Gasteiger partial charge on any atom is 0.252 e. The molecule has 0 bridgehead atoms. The van der Waals surface area contributed by atoms with Gasteiger partial charge in [-0.15, -0.1) is 0 Å². The molecule has 0 spiro atoms. The summed E-state index contributed by atoms with van der Waals surface area (Å²) in [6.45, 7) is 0.110. The molecule has 0 fully saturated rings. The summed E-state index contributed by atoms with van der Waals surface area (Å²) in [7, 11) is 0. The van der Waals surface area contributed by atoms with E-state index in [1.807, 2.05) is 0 Å². The van der Waals surface area contributed by atoms with E-state index in [-0.39, 0.29) is 6.71 Å². The molecular formula is C46H32BN3. The zero-order chi connectivity index (χ0) is 32.5. The zero-order valence-corrected chi connectivity index (χ0v) is 27.6. The van der Waals surface area contributed by atoms with Crippen molar-refractivity contribution in [3.8, 4) is 5.69 Å². The number of hydrogen-bond acceptors (Lipinski definition) is 2. The second kappa shape index (κ2) is 9.80. The molecule has 2 aliphatic carbocycles. The van der Waals surface area contributed by atoms with Crippen molar-refractivity contribution in [3.63, 3.8) is 0 Å². The van der Waals surface area contributed by atoms with Crippen LogP contribution in [0.2, 0.25) is 0 Å². The largest absolute Gasteiger partial charge is 0.311 e. The molecule has 0 N–H and O–H groups in total. The average Bonchev–Trinajstić information content (AvgIpc) is 3.45. The van der Waals surface area contributed by atoms with Crippen LogP contribution in [-0.2, 0) is 25.7 Å². The number of hydrogen-bond donors (Lipinski definition) is 0. The van der Waals surface area contributed by atoms with Gasteiger partial charge in [-0.1, -0.05) is 72.8 Å². The smallest absolute Gasteiger partial charge is 0.252 e. The van der Waals surface area contributed by atoms with Crippen LogP contribution in [0, 0.1) is 0 Å². The highest BCUT2D eigenvalue weighted by atomic mass is 15.2. The summed E-state index contributed by atoms with van der Waals surface area (Å²) < 4.78 is 2.58. The molecule has 3 nitrogen and oxygen atoms in total. The first kappa shape index (κ1) is 26.9. The summed E-state index contributed by atoms with van der Waals surface area (Å²) in [6, 6.07) is 54.9. The molecule has 50 heavy (non-hydrogen) atoms. The van der Waals surface area contributed by atoms with Crippen LogP contribution in [0.3, 0.4) is 0 Å². The van der Waals surface area contributed by atoms with Crippen LogP contribution in [0.4, 0.5) is 34.1 Å². The van der Waals surface area contributed by atoms with Gasteiger partial charge in [0, 0.05) is 44.9 Å². The van der Waals surface area contributed by atoms with Crippen molar-refractivity contribution in [2.45, 2.75) is 25.7 Å². The summed E-state index contributed by atoms with van der Waals surface area (Å²) >= 11 is 0. The first-order valence-electron chi connectivity index (χ1n) is 18.0. The van der Waals surface area contributed by atoms with Gasteiger partial charge < -0.3 is 14.4 Å². The quantitative estimate of drug-likeness (QED) is 0.179. The number of fused-ring (bicyclic) bond motifs is 9. The van der Waals surface area contributed by atoms with Gasteiger partial charge in [0.2, 0.25) is 0 Å². The minimum absolute atomic E-state index is 0.110. The second-order valence-corrected chi connectivity index (χ2v) is 14.4. The lowest BCUT2D eigenvalue weighted by atomic mass is 9.33. The summed E-state index contributed by atoms with van der Waals surface area (Å²) in [5.41, 5.74) is 21.2. The maximum atomic E-state index is 2.58. The summed E-state index contributed by atoms with van der Waals surface area (Å²) in [5.74, 6) is 0. The van der Waals surface area contributed by atoms with Crippen molar-refractivity contribution < 1.29 is 0 Å². The van der Waals surface area contributed by atoms with Crippen molar-refractivity contribution >= 4 is 79.0 Å². The third-order valence-electron chi connectivity index (χ3n) is 11.9. The SMILES string of the molecule is c1ccc(N2c3ccccc3B3c4ccccc4N(c4ccccc4)c4cc(-n5c6cc7c(cc6c6cc8c(cc65)CC8)CC7)cc2c43)cc1. The number of aryl methyl sites for hydroxylation is 4. The minimum atomic E-state index is 0.110. The monoisotopic (exact) mass is 637 g/mol. The van der Waals surface area contributed by atoms with Crippen LogP contribution < -0.4 is 26.2 Å². The first-order valence-corrected chi connectivity index (χ1v) is 18.0. The predicted octanol–water partition coefficient (Wildman–Crippen LogP) is 9.06. The van der Waals surface area contributed by atoms with E-state index in [0.29, 0.717) is 0 Å². The third kappa shape index (κ3) is 3.50. The van der Waals surface area contributed by atoms with Gasteiger partial charge in [-0.25, -0.2) is 0 Å². The average molecular weight is 638 g/mol. The van der Waals surface area contributed by atoms with Crippen LogP contribution in [0.25, 0.3) is 27.5 Å². The van der Waals surface area contributed by atoms with E-state index < -0.39 is 0 Å². The third-order valence-corrected chi connectivity index (χ3v) is 11.9. The fourth-order valence-electron chi connectivity index (χ4n) is 9.40. The molecule has 0 saturated heterocycles. The van der Waals surface area contributed by atoms with Crippen LogP contribution in [0.15, 0.2) is 146 Å². The van der Waals surface area contributed by atoms with Gasteiger partial charge in [0.1, 0.15) is 0 Å². The Morgan fingerprint density at radius 2 is 0.800 bits per heavy atom. The van der Waals surface area contributed by atoms with Crippen LogP contribution in [0.5, 0.6) is 0 Å². The van der Waals surface area contributed by atoms with Gasteiger partial charge in [-0.05, 0) is 137 Å². The molecule has 0 amide bonds. The Morgan fingerprint density at radius 1 is 0.380 bits per heavy atom. The molecule has 7 aromatic carbocycles. The van der Waals surface area contributed by atoms with Gasteiger partial charge in [0.25, 0.3) is 6.71 Å². The fourth-order valence-corrected chi connectivity index (χ4v) is 9.40. The van der Waals surface area contributed by atoms with E-state index in [9.17, 15) is 0 Å². The van der Waals surface area contributed by atoms with Crippen molar-refractivity contribution in [2.24, 2.45) is 0 Å². The Balaban J connectivity index is 1.24. The van der Waals surface area contributed by atoms with E-state index >= 15 is 0 Å². The van der Waals surface area contributed by atoms with Crippen molar-refractivity contribution in [3.05, 3.63) is 168 Å². The van der Waals surface area contributed by atoms with Crippen LogP contribution >= 0.6 is 0 Å². The Labute approximate surface area is 291 Å². The lowest BCUT2D eigenvalue weighted by molar-refractivity contribution is 0.842. The lowest BCUT2D eigenvalue weighted by Crippen LogP contribution is -2.61. The van der Waals surface area contributed by atoms with E-state index in [1.54, 1.807) is 0 Å². The molecule has 234 valence electrons. The van der Waals surface area contributed by atoms with Gasteiger partial charge in [-0.2, -0.15) is 0 Å². The normalized spacial score (nSPS) is 14.8. The summed E-state index contributed by atoms with van der Waals surface area (Å²) in [4.78, 5) is 5.02. The van der Waals surface area contributed by atoms with E-state index in [4.69, 9.17) is 0 Å². The van der Waals surface area contributed by atoms with Gasteiger partial charge >= 0.3 is 0 Å². The lowest BCUT2D eigenvalue weighted by Gasteiger charge is -2.44. The first-order chi connectivity index (χ1) is 24.8. The van der Waals surface area contributed by atoms with E-state index in [2.05, 4.69) is 160 Å². The topological polar surface area (TPSA) is 11.4 Å². The molecule has 3 heterocycles. The fraction of sp³-hybridized carbons (Fsp3) is 0.0870. The molecule has 0 unspecified atom stereocenters. The number of aromatic nitrogens is 1. The highest BCUT2D eigenvalue weighted by Crippen LogP contribution is 2.47. The van der Waals surface area contributed by atoms with Crippen molar-refractivity contribution in [1.29, 1.82) is 0 Å². The van der Waals surface area contributed by atoms with E-state index in [0.717, 1.165) is 12.8 Å². The Kier molecular flexibility index (Phi) is 5.27. The minimum Gasteiger partial charge on any atom is -0.311 e. The Morgan fingerprint density at radius 3 is 1.26 bits per heavy atom. The highest BCUT2D eigenvalue weighted by Gasteiger charge is 2.43. The number of benzene rings is 7. The Hall–Kier alpha value is -6.00. The summed E-state index contributed by atoms with van der Waals surface area (Å²) in [6.07, 6.45) is 4.70. The standard InChI is InChI=1S/C46H32BN3/c1-3-11-33(12-4-1)48-40-17-9-7-15-38(40)47-39-16-8-10-18-41(39)49(34-13-5-2-6-14-34)45-28-35(27-44(48)46(45)47)50-42-25-31-21-19-29(31)23-36(42)37-24-30-20-22-32(30)26-43(37)50/h1-18,23-28H,19-22H2. The molecule has 8 aromatic rings. The van der Waals surface area contributed by atoms with E-state index in [1.165, 1.54) is 113 Å². The molecule has 2 aliphatic heterocycles. The summed E-state index contributed by atoms with van der Waals surface area (Å²) in [5, 5.41) is 2.76. The number of nitrogens with zero attached hydrogens (tertiary/aromatic N) is 3. The number of anilines is 6. The Bertz CT molecular complexity index is 2550. The molecule has 0 atom stereocenters.